The zero-order valence-corrected chi connectivity index (χ0v) is 16.3. The molecule has 2 aromatic heterocycles. The van der Waals surface area contributed by atoms with Gasteiger partial charge in [-0.25, -0.2) is 4.98 Å². The highest BCUT2D eigenvalue weighted by molar-refractivity contribution is 7.14. The summed E-state index contributed by atoms with van der Waals surface area (Å²) in [6.07, 6.45) is 7.52. The van der Waals surface area contributed by atoms with E-state index in [-0.39, 0.29) is 5.91 Å². The summed E-state index contributed by atoms with van der Waals surface area (Å²) in [5, 5.41) is 9.50. The average Bonchev–Trinajstić information content (AvgIpc) is 3.31. The van der Waals surface area contributed by atoms with Gasteiger partial charge in [-0.1, -0.05) is 12.1 Å². The van der Waals surface area contributed by atoms with E-state index in [1.807, 2.05) is 5.38 Å². The second-order valence-electron chi connectivity index (χ2n) is 6.78. The predicted octanol–water partition coefficient (Wildman–Crippen LogP) is 3.75. The molecular formula is C20H22N4O2S. The van der Waals surface area contributed by atoms with E-state index in [2.05, 4.69) is 33.6 Å². The van der Waals surface area contributed by atoms with Gasteiger partial charge < -0.3 is 4.74 Å². The summed E-state index contributed by atoms with van der Waals surface area (Å²) in [5.74, 6) is -0.253. The first kappa shape index (κ1) is 17.9. The zero-order valence-electron chi connectivity index (χ0n) is 15.4. The van der Waals surface area contributed by atoms with Gasteiger partial charge >= 0.3 is 0 Å². The second-order valence-corrected chi connectivity index (χ2v) is 7.64. The molecule has 1 aliphatic carbocycles. The van der Waals surface area contributed by atoms with Crippen LogP contribution in [0.5, 0.6) is 0 Å². The molecule has 0 bridgehead atoms. The number of carbonyl (C=O) groups is 1. The highest BCUT2D eigenvalue weighted by Crippen LogP contribution is 2.30. The number of hydrogen-bond donors (Lipinski definition) is 1. The number of nitrogens with zero attached hydrogens (tertiary/aromatic N) is 3. The number of aromatic nitrogens is 3. The molecule has 1 atom stereocenters. The van der Waals surface area contributed by atoms with Gasteiger partial charge in [-0.2, -0.15) is 5.10 Å². The standard InChI is InChI=1S/C20H22N4O2S/c1-24-11-16(10-21-24)18(26-2)19(25)23-20-22-17(12-27-20)15-8-7-13-5-3-4-6-14(13)9-15/h7-12,18H,3-6H2,1-2H3,(H,22,23,25). The fourth-order valence-electron chi connectivity index (χ4n) is 3.50. The lowest BCUT2D eigenvalue weighted by Gasteiger charge is -2.16. The minimum absolute atomic E-state index is 0.253. The Kier molecular flexibility index (Phi) is 5.05. The van der Waals surface area contributed by atoms with Gasteiger partial charge in [0.25, 0.3) is 5.91 Å². The third-order valence-corrected chi connectivity index (χ3v) is 5.64. The Bertz CT molecular complexity index is 963. The number of aryl methyl sites for hydroxylation is 3. The van der Waals surface area contributed by atoms with Crippen LogP contribution >= 0.6 is 11.3 Å². The van der Waals surface area contributed by atoms with Crippen molar-refractivity contribution in [1.82, 2.24) is 14.8 Å². The summed E-state index contributed by atoms with van der Waals surface area (Å²) in [4.78, 5) is 17.2. The molecule has 0 spiro atoms. The first-order valence-electron chi connectivity index (χ1n) is 9.04. The Morgan fingerprint density at radius 1 is 1.30 bits per heavy atom. The van der Waals surface area contributed by atoms with Crippen LogP contribution < -0.4 is 5.32 Å². The number of ether oxygens (including phenoxy) is 1. The van der Waals surface area contributed by atoms with E-state index in [1.165, 1.54) is 48.8 Å². The van der Waals surface area contributed by atoms with Gasteiger partial charge in [-0.05, 0) is 42.9 Å². The van der Waals surface area contributed by atoms with Crippen LogP contribution in [-0.4, -0.2) is 27.8 Å². The van der Waals surface area contributed by atoms with E-state index in [0.717, 1.165) is 17.7 Å². The van der Waals surface area contributed by atoms with E-state index in [0.29, 0.717) is 10.7 Å². The number of fused-ring (bicyclic) bond motifs is 1. The molecule has 7 heteroatoms. The normalized spacial score (nSPS) is 14.6. The summed E-state index contributed by atoms with van der Waals surface area (Å²) in [5.41, 5.74) is 5.58. The van der Waals surface area contributed by atoms with Gasteiger partial charge in [0.1, 0.15) is 0 Å². The van der Waals surface area contributed by atoms with Crippen LogP contribution in [0.15, 0.2) is 36.0 Å². The van der Waals surface area contributed by atoms with Crippen molar-refractivity contribution >= 4 is 22.4 Å². The van der Waals surface area contributed by atoms with Crippen LogP contribution in [0.1, 0.15) is 35.6 Å². The van der Waals surface area contributed by atoms with Crippen molar-refractivity contribution in [3.05, 3.63) is 52.7 Å². The van der Waals surface area contributed by atoms with E-state index >= 15 is 0 Å². The molecule has 3 aromatic rings. The lowest BCUT2D eigenvalue weighted by Crippen LogP contribution is -2.22. The lowest BCUT2D eigenvalue weighted by atomic mass is 9.90. The van der Waals surface area contributed by atoms with Crippen LogP contribution in [0.2, 0.25) is 0 Å². The monoisotopic (exact) mass is 382 g/mol. The number of thiazole rings is 1. The maximum Gasteiger partial charge on any atom is 0.260 e. The number of hydrogen-bond acceptors (Lipinski definition) is 5. The van der Waals surface area contributed by atoms with E-state index in [1.54, 1.807) is 24.1 Å². The maximum atomic E-state index is 12.6. The van der Waals surface area contributed by atoms with Crippen molar-refractivity contribution in [2.45, 2.75) is 31.8 Å². The molecule has 0 saturated heterocycles. The van der Waals surface area contributed by atoms with Crippen molar-refractivity contribution in [3.8, 4) is 11.3 Å². The van der Waals surface area contributed by atoms with E-state index < -0.39 is 6.10 Å². The largest absolute Gasteiger partial charge is 0.367 e. The zero-order chi connectivity index (χ0) is 18.8. The van der Waals surface area contributed by atoms with Crippen molar-refractivity contribution in [3.63, 3.8) is 0 Å². The number of methoxy groups -OCH3 is 1. The fourth-order valence-corrected chi connectivity index (χ4v) is 4.22. The second kappa shape index (κ2) is 7.62. The molecule has 1 unspecified atom stereocenters. The Hall–Kier alpha value is -2.51. The molecule has 140 valence electrons. The van der Waals surface area contributed by atoms with Crippen molar-refractivity contribution in [2.24, 2.45) is 7.05 Å². The maximum absolute atomic E-state index is 12.6. The molecule has 0 fully saturated rings. The van der Waals surface area contributed by atoms with E-state index in [4.69, 9.17) is 4.74 Å². The molecule has 1 amide bonds. The number of rotatable bonds is 5. The van der Waals surface area contributed by atoms with Crippen molar-refractivity contribution in [2.75, 3.05) is 12.4 Å². The van der Waals surface area contributed by atoms with Crippen LogP contribution in [-0.2, 0) is 29.4 Å². The van der Waals surface area contributed by atoms with Gasteiger partial charge in [-0.3, -0.25) is 14.8 Å². The SMILES string of the molecule is COC(C(=O)Nc1nc(-c2ccc3c(c2)CCCC3)cs1)c1cnn(C)c1. The number of nitrogens with one attached hydrogen (secondary N) is 1. The van der Waals surface area contributed by atoms with Gasteiger partial charge in [0.2, 0.25) is 0 Å². The Balaban J connectivity index is 1.50. The number of anilines is 1. The molecule has 1 aliphatic rings. The quantitative estimate of drug-likeness (QED) is 0.730. The smallest absolute Gasteiger partial charge is 0.260 e. The molecule has 0 saturated carbocycles. The summed E-state index contributed by atoms with van der Waals surface area (Å²) in [7, 11) is 3.32. The number of benzene rings is 1. The topological polar surface area (TPSA) is 69.0 Å². The highest BCUT2D eigenvalue weighted by Gasteiger charge is 2.23. The van der Waals surface area contributed by atoms with Gasteiger partial charge in [-0.15, -0.1) is 11.3 Å². The summed E-state index contributed by atoms with van der Waals surface area (Å²) < 4.78 is 6.99. The molecule has 0 aliphatic heterocycles. The first-order valence-corrected chi connectivity index (χ1v) is 9.92. The molecule has 1 N–H and O–H groups in total. The van der Waals surface area contributed by atoms with Crippen LogP contribution in [0.3, 0.4) is 0 Å². The molecule has 2 heterocycles. The highest BCUT2D eigenvalue weighted by atomic mass is 32.1. The molecular weight excluding hydrogens is 360 g/mol. The van der Waals surface area contributed by atoms with Crippen LogP contribution in [0, 0.1) is 0 Å². The van der Waals surface area contributed by atoms with Crippen LogP contribution in [0.4, 0.5) is 5.13 Å². The lowest BCUT2D eigenvalue weighted by molar-refractivity contribution is -0.126. The third-order valence-electron chi connectivity index (χ3n) is 4.88. The summed E-state index contributed by atoms with van der Waals surface area (Å²) in [6, 6.07) is 6.58. The Labute approximate surface area is 162 Å². The van der Waals surface area contributed by atoms with E-state index in [9.17, 15) is 4.79 Å². The average molecular weight is 382 g/mol. The third kappa shape index (κ3) is 3.79. The fraction of sp³-hybridized carbons (Fsp3) is 0.350. The minimum atomic E-state index is -0.713. The van der Waals surface area contributed by atoms with Crippen molar-refractivity contribution in [1.29, 1.82) is 0 Å². The molecule has 4 rings (SSSR count). The number of amides is 1. The van der Waals surface area contributed by atoms with Gasteiger partial charge in [0.05, 0.1) is 11.9 Å². The first-order chi connectivity index (χ1) is 13.1. The number of carbonyl (C=O) groups excluding carboxylic acids is 1. The Morgan fingerprint density at radius 2 is 2.11 bits per heavy atom. The van der Waals surface area contributed by atoms with Crippen LogP contribution in [0.25, 0.3) is 11.3 Å². The van der Waals surface area contributed by atoms with Gasteiger partial charge in [0.15, 0.2) is 11.2 Å². The molecule has 27 heavy (non-hydrogen) atoms. The summed E-state index contributed by atoms with van der Waals surface area (Å²) in [6.45, 7) is 0. The minimum Gasteiger partial charge on any atom is -0.367 e. The van der Waals surface area contributed by atoms with Crippen molar-refractivity contribution < 1.29 is 9.53 Å². The summed E-state index contributed by atoms with van der Waals surface area (Å²) >= 11 is 1.42. The Morgan fingerprint density at radius 3 is 2.85 bits per heavy atom. The molecule has 0 radical (unpaired) electrons. The molecule has 1 aromatic carbocycles. The van der Waals surface area contributed by atoms with Gasteiger partial charge in [0, 0.05) is 36.9 Å². The molecule has 6 nitrogen and oxygen atoms in total. The predicted molar refractivity (Wildman–Crippen MR) is 106 cm³/mol.